The molecule has 4 aromatic rings. The number of aliphatic hydroxyl groups is 2. The maximum atomic E-state index is 14.5. The zero-order valence-electron chi connectivity index (χ0n) is 32.4. The lowest BCUT2D eigenvalue weighted by Gasteiger charge is -2.38. The fourth-order valence-electron chi connectivity index (χ4n) is 6.78. The van der Waals surface area contributed by atoms with Crippen LogP contribution in [0.15, 0.2) is 82.6 Å². The molecule has 11 nitrogen and oxygen atoms in total. The molecule has 0 spiro atoms. The SMILES string of the molecule is CCN1CCC(N(CCCCCCc2ccc(C(F)(F)F)cc2)C(=O)Cn2c(SCc3cccc(F)c3F)cc(=O)c3ccccc32)CC1.O=C(O)C(O)C(O)C(=O)O. The van der Waals surface area contributed by atoms with E-state index in [0.717, 1.165) is 81.9 Å². The van der Waals surface area contributed by atoms with Crippen molar-refractivity contribution < 1.29 is 56.8 Å². The highest BCUT2D eigenvalue weighted by Crippen LogP contribution is 2.30. The van der Waals surface area contributed by atoms with Crippen LogP contribution in [0.5, 0.6) is 0 Å². The Morgan fingerprint density at radius 2 is 1.49 bits per heavy atom. The minimum Gasteiger partial charge on any atom is -0.479 e. The van der Waals surface area contributed by atoms with Gasteiger partial charge in [-0.15, -0.1) is 11.8 Å². The summed E-state index contributed by atoms with van der Waals surface area (Å²) in [4.78, 5) is 51.2. The number of thioether (sulfide) groups is 1. The Bertz CT molecular complexity index is 2070. The first-order valence-electron chi connectivity index (χ1n) is 19.2. The molecular weight excluding hydrogens is 802 g/mol. The number of aliphatic carboxylic acids is 2. The third-order valence-corrected chi connectivity index (χ3v) is 11.2. The van der Waals surface area contributed by atoms with Gasteiger partial charge in [0.15, 0.2) is 29.3 Å². The van der Waals surface area contributed by atoms with E-state index >= 15 is 0 Å². The maximum Gasteiger partial charge on any atom is 0.416 e. The molecule has 2 atom stereocenters. The molecule has 4 N–H and O–H groups in total. The van der Waals surface area contributed by atoms with E-state index in [1.165, 1.54) is 42.1 Å². The number of carboxylic acid groups (broad SMARTS) is 2. The first kappa shape index (κ1) is 46.8. The van der Waals surface area contributed by atoms with Gasteiger partial charge in [0, 0.05) is 48.4 Å². The largest absolute Gasteiger partial charge is 0.479 e. The standard InChI is InChI=1S/C38H42F5N3O2S.C4H6O6/c1-2-44-22-19-30(20-23-44)45(21-8-4-3-5-10-27-15-17-29(18-16-27)38(41,42)43)35(48)25-46-33-14-7-6-12-31(33)34(47)24-36(46)49-26-28-11-9-13-32(39)37(28)40;5-1(3(7)8)2(6)4(9)10/h6-7,9,11-18,24,30H,2-5,8,10,19-23,25-26H2,1H3;1-2,5-6H,(H,7,8)(H,9,10). The molecule has 1 amide bonds. The number of rotatable bonds is 17. The van der Waals surface area contributed by atoms with E-state index < -0.39 is 47.5 Å². The van der Waals surface area contributed by atoms with Crippen molar-refractivity contribution >= 4 is 40.5 Å². The second-order valence-electron chi connectivity index (χ2n) is 14.1. The van der Waals surface area contributed by atoms with Crippen molar-refractivity contribution in [1.29, 1.82) is 0 Å². The summed E-state index contributed by atoms with van der Waals surface area (Å²) in [5.41, 5.74) is 0.795. The van der Waals surface area contributed by atoms with E-state index in [2.05, 4.69) is 11.8 Å². The Kier molecular flexibility index (Phi) is 17.4. The predicted molar refractivity (Wildman–Crippen MR) is 212 cm³/mol. The minimum atomic E-state index is -4.34. The molecule has 0 radical (unpaired) electrons. The molecule has 3 aromatic carbocycles. The van der Waals surface area contributed by atoms with Gasteiger partial charge in [-0.3, -0.25) is 9.59 Å². The number of piperidine rings is 1. The van der Waals surface area contributed by atoms with Crippen LogP contribution in [-0.4, -0.2) is 97.1 Å². The number of alkyl halides is 3. The molecule has 59 heavy (non-hydrogen) atoms. The molecule has 17 heteroatoms. The molecule has 2 unspecified atom stereocenters. The number of unbranched alkanes of at least 4 members (excludes halogenated alkanes) is 3. The van der Waals surface area contributed by atoms with Crippen molar-refractivity contribution in [3.8, 4) is 0 Å². The number of hydrogen-bond donors (Lipinski definition) is 4. The number of fused-ring (bicyclic) bond motifs is 1. The summed E-state index contributed by atoms with van der Waals surface area (Å²) in [5, 5.41) is 33.5. The van der Waals surface area contributed by atoms with E-state index in [-0.39, 0.29) is 35.2 Å². The van der Waals surface area contributed by atoms with Crippen LogP contribution in [0.2, 0.25) is 0 Å². The molecule has 1 aliphatic rings. The van der Waals surface area contributed by atoms with Gasteiger partial charge in [0.25, 0.3) is 0 Å². The zero-order chi connectivity index (χ0) is 43.3. The van der Waals surface area contributed by atoms with Crippen LogP contribution in [0, 0.1) is 11.6 Å². The number of amides is 1. The van der Waals surface area contributed by atoms with Gasteiger partial charge >= 0.3 is 18.1 Å². The van der Waals surface area contributed by atoms with E-state index in [4.69, 9.17) is 20.4 Å². The smallest absolute Gasteiger partial charge is 0.416 e. The number of carboxylic acids is 2. The van der Waals surface area contributed by atoms with Crippen molar-refractivity contribution in [2.45, 2.75) is 93.6 Å². The lowest BCUT2D eigenvalue weighted by Crippen LogP contribution is -2.48. The van der Waals surface area contributed by atoms with Gasteiger partial charge in [-0.25, -0.2) is 18.4 Å². The highest BCUT2D eigenvalue weighted by molar-refractivity contribution is 7.98. The second-order valence-corrected chi connectivity index (χ2v) is 15.1. The number of para-hydroxylation sites is 1. The molecule has 0 aliphatic carbocycles. The van der Waals surface area contributed by atoms with E-state index in [1.54, 1.807) is 18.2 Å². The van der Waals surface area contributed by atoms with Crippen LogP contribution in [0.4, 0.5) is 22.0 Å². The molecule has 5 rings (SSSR count). The van der Waals surface area contributed by atoms with Gasteiger partial charge in [-0.2, -0.15) is 13.2 Å². The highest BCUT2D eigenvalue weighted by atomic mass is 32.2. The number of aliphatic hydroxyl groups excluding tert-OH is 2. The summed E-state index contributed by atoms with van der Waals surface area (Å²) < 4.78 is 68.9. The van der Waals surface area contributed by atoms with Gasteiger partial charge < -0.3 is 34.8 Å². The van der Waals surface area contributed by atoms with E-state index in [1.807, 2.05) is 15.5 Å². The number of likely N-dealkylation sites (tertiary alicyclic amines) is 1. The number of hydrogen-bond acceptors (Lipinski definition) is 8. The third kappa shape index (κ3) is 13.3. The average Bonchev–Trinajstić information content (AvgIpc) is 3.21. The summed E-state index contributed by atoms with van der Waals surface area (Å²) in [5.74, 6) is -5.38. The molecule has 1 saturated heterocycles. The predicted octanol–water partition coefficient (Wildman–Crippen LogP) is 6.58. The average molecular weight is 850 g/mol. The van der Waals surface area contributed by atoms with E-state index in [0.29, 0.717) is 28.9 Å². The summed E-state index contributed by atoms with van der Waals surface area (Å²) in [6, 6.07) is 18.0. The first-order chi connectivity index (χ1) is 28.0. The maximum absolute atomic E-state index is 14.5. The Labute approximate surface area is 342 Å². The lowest BCUT2D eigenvalue weighted by molar-refractivity contribution is -0.165. The Balaban J connectivity index is 0.000000680. The number of nitrogens with zero attached hydrogens (tertiary/aromatic N) is 3. The zero-order valence-corrected chi connectivity index (χ0v) is 33.2. The molecule has 2 heterocycles. The number of benzene rings is 3. The fraction of sp³-hybridized carbons (Fsp3) is 0.429. The summed E-state index contributed by atoms with van der Waals surface area (Å²) in [6.45, 7) is 5.46. The van der Waals surface area contributed by atoms with Gasteiger partial charge in [0.05, 0.1) is 16.1 Å². The fourth-order valence-corrected chi connectivity index (χ4v) is 7.81. The van der Waals surface area contributed by atoms with Gasteiger partial charge in [-0.05, 0) is 74.5 Å². The first-order valence-corrected chi connectivity index (χ1v) is 20.2. The van der Waals surface area contributed by atoms with Gasteiger partial charge in [0.1, 0.15) is 6.54 Å². The molecule has 320 valence electrons. The van der Waals surface area contributed by atoms with Crippen LogP contribution < -0.4 is 5.43 Å². The summed E-state index contributed by atoms with van der Waals surface area (Å²) >= 11 is 1.19. The molecule has 1 fully saturated rings. The highest BCUT2D eigenvalue weighted by Gasteiger charge is 2.31. The van der Waals surface area contributed by atoms with Gasteiger partial charge in [-0.1, -0.05) is 56.2 Å². The third-order valence-electron chi connectivity index (χ3n) is 10.1. The monoisotopic (exact) mass is 849 g/mol. The summed E-state index contributed by atoms with van der Waals surface area (Å²) in [6.07, 6.45) is -3.08. The van der Waals surface area contributed by atoms with Crippen LogP contribution in [0.1, 0.15) is 62.1 Å². The Morgan fingerprint density at radius 1 is 0.864 bits per heavy atom. The molecular formula is C42H48F5N3O8S. The molecule has 0 bridgehead atoms. The van der Waals surface area contributed by atoms with Crippen LogP contribution in [0.25, 0.3) is 10.9 Å². The Hall–Kier alpha value is -4.84. The number of aromatic nitrogens is 1. The number of pyridine rings is 1. The van der Waals surface area contributed by atoms with Crippen LogP contribution in [-0.2, 0) is 39.3 Å². The minimum absolute atomic E-state index is 0.00330. The number of carbonyl (C=O) groups excluding carboxylic acids is 1. The van der Waals surface area contributed by atoms with Crippen molar-refractivity contribution in [3.63, 3.8) is 0 Å². The Morgan fingerprint density at radius 3 is 2.10 bits per heavy atom. The quantitative estimate of drug-likeness (QED) is 0.0519. The van der Waals surface area contributed by atoms with Crippen molar-refractivity contribution in [2.24, 2.45) is 0 Å². The van der Waals surface area contributed by atoms with Crippen molar-refractivity contribution in [3.05, 3.63) is 111 Å². The number of carbonyl (C=O) groups is 3. The topological polar surface area (TPSA) is 161 Å². The van der Waals surface area contributed by atoms with Crippen LogP contribution >= 0.6 is 11.8 Å². The molecule has 1 aliphatic heterocycles. The van der Waals surface area contributed by atoms with Crippen LogP contribution in [0.3, 0.4) is 0 Å². The van der Waals surface area contributed by atoms with E-state index in [9.17, 15) is 41.1 Å². The second kappa shape index (κ2) is 22.0. The van der Waals surface area contributed by atoms with Crippen molar-refractivity contribution in [1.82, 2.24) is 14.4 Å². The molecule has 0 saturated carbocycles. The molecule has 1 aromatic heterocycles. The lowest BCUT2D eigenvalue weighted by atomic mass is 10.0. The van der Waals surface area contributed by atoms with Gasteiger partial charge in [0.2, 0.25) is 5.91 Å². The summed E-state index contributed by atoms with van der Waals surface area (Å²) in [7, 11) is 0. The number of aryl methyl sites for hydroxylation is 1. The number of halogens is 5. The van der Waals surface area contributed by atoms with Crippen molar-refractivity contribution in [2.75, 3.05) is 26.2 Å². The normalized spacial score (nSPS) is 14.6.